The lowest BCUT2D eigenvalue weighted by atomic mass is 10.0. The number of pyridine rings is 1. The Hall–Kier alpha value is -0.930. The zero-order chi connectivity index (χ0) is 9.14. The predicted octanol–water partition coefficient (Wildman–Crippen LogP) is 0.771. The number of aromatic nitrogens is 1. The Morgan fingerprint density at radius 2 is 2.25 bits per heavy atom. The molecule has 3 nitrogen and oxygen atoms in total. The van der Waals surface area contributed by atoms with Crippen molar-refractivity contribution < 1.29 is 5.11 Å². The molecular formula is C9H14N2O. The third-order valence-electron chi connectivity index (χ3n) is 1.86. The van der Waals surface area contributed by atoms with E-state index in [0.29, 0.717) is 0 Å². The Kier molecular flexibility index (Phi) is 2.78. The summed E-state index contributed by atoms with van der Waals surface area (Å²) >= 11 is 0. The van der Waals surface area contributed by atoms with Gasteiger partial charge in [-0.05, 0) is 19.9 Å². The summed E-state index contributed by atoms with van der Waals surface area (Å²) in [6.07, 6.45) is 1.09. The van der Waals surface area contributed by atoms with E-state index in [-0.39, 0.29) is 6.04 Å². The highest BCUT2D eigenvalue weighted by atomic mass is 16.3. The summed E-state index contributed by atoms with van der Waals surface area (Å²) in [5, 5.41) is 9.61. The zero-order valence-electron chi connectivity index (χ0n) is 7.36. The molecule has 2 atom stereocenters. The van der Waals surface area contributed by atoms with Gasteiger partial charge in [0.25, 0.3) is 0 Å². The second kappa shape index (κ2) is 3.65. The maximum absolute atomic E-state index is 9.61. The Balaban J connectivity index is 2.94. The van der Waals surface area contributed by atoms with Crippen LogP contribution in [0.3, 0.4) is 0 Å². The molecule has 0 radical (unpaired) electrons. The van der Waals surface area contributed by atoms with Gasteiger partial charge in [-0.3, -0.25) is 4.98 Å². The van der Waals surface area contributed by atoms with Crippen molar-refractivity contribution in [3.63, 3.8) is 0 Å². The van der Waals surface area contributed by atoms with Crippen LogP contribution in [0, 0.1) is 6.92 Å². The normalized spacial score (nSPS) is 15.7. The lowest BCUT2D eigenvalue weighted by Gasteiger charge is -2.15. The van der Waals surface area contributed by atoms with E-state index in [1.807, 2.05) is 13.0 Å². The molecule has 0 bridgehead atoms. The van der Waals surface area contributed by atoms with Gasteiger partial charge in [-0.25, -0.2) is 0 Å². The van der Waals surface area contributed by atoms with Crippen LogP contribution in [0.5, 0.6) is 0 Å². The van der Waals surface area contributed by atoms with Crippen molar-refractivity contribution in [1.29, 1.82) is 0 Å². The topological polar surface area (TPSA) is 59.1 Å². The molecule has 0 fully saturated rings. The second-order valence-corrected chi connectivity index (χ2v) is 2.98. The molecule has 66 valence electrons. The summed E-state index contributed by atoms with van der Waals surface area (Å²) in [7, 11) is 0. The fraction of sp³-hybridized carbons (Fsp3) is 0.444. The van der Waals surface area contributed by atoms with Crippen LogP contribution in [0.15, 0.2) is 18.3 Å². The van der Waals surface area contributed by atoms with E-state index in [1.165, 1.54) is 0 Å². The quantitative estimate of drug-likeness (QED) is 0.682. The van der Waals surface area contributed by atoms with Crippen molar-refractivity contribution >= 4 is 0 Å². The van der Waals surface area contributed by atoms with Crippen molar-refractivity contribution in [2.45, 2.75) is 26.0 Å². The molecule has 1 heterocycles. The molecule has 0 aliphatic heterocycles. The minimum absolute atomic E-state index is 0.257. The number of nitrogens with two attached hydrogens (primary N) is 1. The third-order valence-corrected chi connectivity index (χ3v) is 1.86. The first-order valence-electron chi connectivity index (χ1n) is 3.98. The molecule has 3 N–H and O–H groups in total. The largest absolute Gasteiger partial charge is 0.387 e. The van der Waals surface area contributed by atoms with Crippen molar-refractivity contribution in [2.75, 3.05) is 0 Å². The Bertz CT molecular complexity index is 260. The van der Waals surface area contributed by atoms with E-state index in [1.54, 1.807) is 19.2 Å². The summed E-state index contributed by atoms with van der Waals surface area (Å²) in [5.41, 5.74) is 7.21. The van der Waals surface area contributed by atoms with E-state index in [0.717, 1.165) is 11.3 Å². The highest BCUT2D eigenvalue weighted by Gasteiger charge is 2.14. The van der Waals surface area contributed by atoms with Crippen molar-refractivity contribution in [3.8, 4) is 0 Å². The van der Waals surface area contributed by atoms with Gasteiger partial charge in [0.15, 0.2) is 0 Å². The van der Waals surface area contributed by atoms with Crippen LogP contribution < -0.4 is 5.73 Å². The Labute approximate surface area is 72.2 Å². The highest BCUT2D eigenvalue weighted by Crippen LogP contribution is 2.17. The fourth-order valence-electron chi connectivity index (χ4n) is 1.09. The van der Waals surface area contributed by atoms with Gasteiger partial charge in [-0.1, -0.05) is 6.07 Å². The third kappa shape index (κ3) is 1.81. The van der Waals surface area contributed by atoms with E-state index >= 15 is 0 Å². The smallest absolute Gasteiger partial charge is 0.0955 e. The molecule has 0 spiro atoms. The molecule has 12 heavy (non-hydrogen) atoms. The van der Waals surface area contributed by atoms with Gasteiger partial charge in [-0.2, -0.15) is 0 Å². The molecule has 0 aromatic carbocycles. The maximum atomic E-state index is 9.61. The lowest BCUT2D eigenvalue weighted by molar-refractivity contribution is 0.152. The average molecular weight is 166 g/mol. The standard InChI is InChI=1S/C9H14N2O/c1-6(10)9(12)8-4-3-5-11-7(8)2/h3-6,9,12H,10H2,1-2H3/t6-,9-/m1/s1. The van der Waals surface area contributed by atoms with Crippen LogP contribution in [0.1, 0.15) is 24.3 Å². The van der Waals surface area contributed by atoms with Crippen LogP contribution in [0.4, 0.5) is 0 Å². The van der Waals surface area contributed by atoms with E-state index in [2.05, 4.69) is 4.98 Å². The van der Waals surface area contributed by atoms with Crippen molar-refractivity contribution in [3.05, 3.63) is 29.6 Å². The molecular weight excluding hydrogens is 152 g/mol. The molecule has 1 aromatic rings. The molecule has 0 aliphatic rings. The van der Waals surface area contributed by atoms with Gasteiger partial charge < -0.3 is 10.8 Å². The van der Waals surface area contributed by atoms with Gasteiger partial charge in [0.05, 0.1) is 6.10 Å². The minimum Gasteiger partial charge on any atom is -0.387 e. The Morgan fingerprint density at radius 3 is 2.75 bits per heavy atom. The van der Waals surface area contributed by atoms with E-state index < -0.39 is 6.10 Å². The first-order chi connectivity index (χ1) is 5.63. The molecule has 1 rings (SSSR count). The van der Waals surface area contributed by atoms with Crippen LogP contribution in [0.2, 0.25) is 0 Å². The van der Waals surface area contributed by atoms with Crippen LogP contribution in [-0.4, -0.2) is 16.1 Å². The summed E-state index contributed by atoms with van der Waals surface area (Å²) in [4.78, 5) is 4.07. The molecule has 0 aliphatic carbocycles. The zero-order valence-corrected chi connectivity index (χ0v) is 7.36. The number of aliphatic hydroxyl groups is 1. The number of hydrogen-bond acceptors (Lipinski definition) is 3. The molecule has 0 saturated heterocycles. The van der Waals surface area contributed by atoms with Gasteiger partial charge in [0.1, 0.15) is 0 Å². The monoisotopic (exact) mass is 166 g/mol. The highest BCUT2D eigenvalue weighted by molar-refractivity contribution is 5.21. The summed E-state index contributed by atoms with van der Waals surface area (Å²) < 4.78 is 0. The van der Waals surface area contributed by atoms with Crippen LogP contribution >= 0.6 is 0 Å². The summed E-state index contributed by atoms with van der Waals surface area (Å²) in [5.74, 6) is 0. The molecule has 0 unspecified atom stereocenters. The van der Waals surface area contributed by atoms with Gasteiger partial charge in [0.2, 0.25) is 0 Å². The lowest BCUT2D eigenvalue weighted by Crippen LogP contribution is -2.25. The van der Waals surface area contributed by atoms with Gasteiger partial charge in [0, 0.05) is 23.5 Å². The number of aryl methyl sites for hydroxylation is 1. The Morgan fingerprint density at radius 1 is 1.58 bits per heavy atom. The predicted molar refractivity (Wildman–Crippen MR) is 47.6 cm³/mol. The fourth-order valence-corrected chi connectivity index (χ4v) is 1.09. The van der Waals surface area contributed by atoms with Gasteiger partial charge >= 0.3 is 0 Å². The molecule has 3 heteroatoms. The summed E-state index contributed by atoms with van der Waals surface area (Å²) in [6.45, 7) is 3.64. The second-order valence-electron chi connectivity index (χ2n) is 2.98. The number of aliphatic hydroxyl groups excluding tert-OH is 1. The first-order valence-corrected chi connectivity index (χ1v) is 3.98. The van der Waals surface area contributed by atoms with E-state index in [4.69, 9.17) is 5.73 Å². The molecule has 0 amide bonds. The van der Waals surface area contributed by atoms with Crippen molar-refractivity contribution in [1.82, 2.24) is 4.98 Å². The summed E-state index contributed by atoms with van der Waals surface area (Å²) in [6, 6.07) is 3.39. The van der Waals surface area contributed by atoms with Crippen LogP contribution in [-0.2, 0) is 0 Å². The van der Waals surface area contributed by atoms with E-state index in [9.17, 15) is 5.11 Å². The molecule has 0 saturated carbocycles. The maximum Gasteiger partial charge on any atom is 0.0955 e. The average Bonchev–Trinajstić information content (AvgIpc) is 2.04. The van der Waals surface area contributed by atoms with Crippen LogP contribution in [0.25, 0.3) is 0 Å². The number of hydrogen-bond donors (Lipinski definition) is 2. The first kappa shape index (κ1) is 9.16. The SMILES string of the molecule is Cc1ncccc1[C@H](O)[C@@H](C)N. The number of nitrogens with zero attached hydrogens (tertiary/aromatic N) is 1. The number of rotatable bonds is 2. The van der Waals surface area contributed by atoms with Crippen molar-refractivity contribution in [2.24, 2.45) is 5.73 Å². The minimum atomic E-state index is -0.612. The molecule has 1 aromatic heterocycles. The van der Waals surface area contributed by atoms with Gasteiger partial charge in [-0.15, -0.1) is 0 Å².